The minimum absolute atomic E-state index is 0.139. The van der Waals surface area contributed by atoms with E-state index in [0.717, 1.165) is 12.0 Å². The van der Waals surface area contributed by atoms with Gasteiger partial charge < -0.3 is 10.4 Å². The highest BCUT2D eigenvalue weighted by Crippen LogP contribution is 2.12. The normalized spacial score (nSPS) is 9.73. The van der Waals surface area contributed by atoms with Crippen LogP contribution in [0, 0.1) is 5.21 Å². The summed E-state index contributed by atoms with van der Waals surface area (Å²) in [5, 5.41) is 18.6. The first-order valence-electron chi connectivity index (χ1n) is 3.49. The van der Waals surface area contributed by atoms with Crippen LogP contribution in [-0.4, -0.2) is 5.21 Å². The summed E-state index contributed by atoms with van der Waals surface area (Å²) in [5.41, 5.74) is 1.41. The zero-order chi connectivity index (χ0) is 8.27. The van der Waals surface area contributed by atoms with Crippen molar-refractivity contribution in [2.45, 2.75) is 13.3 Å². The Balaban J connectivity index is 2.83. The molecule has 0 amide bonds. The Bertz CT molecular complexity index is 218. The third-order valence-corrected chi connectivity index (χ3v) is 1.57. The molecule has 60 valence electrons. The molecule has 1 N–H and O–H groups in total. The number of benzene rings is 1. The van der Waals surface area contributed by atoms with Crippen molar-refractivity contribution in [2.75, 3.05) is 5.23 Å². The molecule has 0 aliphatic heterocycles. The van der Waals surface area contributed by atoms with Gasteiger partial charge in [-0.05, 0) is 24.1 Å². The molecule has 0 fully saturated rings. The predicted molar refractivity (Wildman–Crippen MR) is 43.5 cm³/mol. The molecule has 0 aliphatic carbocycles. The van der Waals surface area contributed by atoms with Crippen molar-refractivity contribution in [1.82, 2.24) is 0 Å². The lowest BCUT2D eigenvalue weighted by Crippen LogP contribution is -2.06. The van der Waals surface area contributed by atoms with E-state index in [1.807, 2.05) is 19.1 Å². The number of hydrogen-bond donors (Lipinski definition) is 1. The van der Waals surface area contributed by atoms with Crippen molar-refractivity contribution >= 4 is 5.69 Å². The van der Waals surface area contributed by atoms with Gasteiger partial charge in [0.05, 0.1) is 5.69 Å². The minimum atomic E-state index is -0.139. The molecule has 11 heavy (non-hydrogen) atoms. The molecule has 1 rings (SSSR count). The van der Waals surface area contributed by atoms with Gasteiger partial charge in [-0.15, -0.1) is 0 Å². The van der Waals surface area contributed by atoms with Gasteiger partial charge in [-0.2, -0.15) is 0 Å². The fraction of sp³-hybridized carbons (Fsp3) is 0.250. The molecular formula is C8H10NO2-. The molecule has 3 nitrogen and oxygen atoms in total. The van der Waals surface area contributed by atoms with Gasteiger partial charge in [0.25, 0.3) is 0 Å². The summed E-state index contributed by atoms with van der Waals surface area (Å²) in [7, 11) is 0. The molecule has 0 radical (unpaired) electrons. The van der Waals surface area contributed by atoms with Gasteiger partial charge >= 0.3 is 0 Å². The summed E-state index contributed by atoms with van der Waals surface area (Å²) in [4.78, 5) is 0. The van der Waals surface area contributed by atoms with E-state index in [4.69, 9.17) is 5.21 Å². The van der Waals surface area contributed by atoms with Crippen LogP contribution < -0.4 is 5.23 Å². The van der Waals surface area contributed by atoms with Crippen LogP contribution in [-0.2, 0) is 6.42 Å². The van der Waals surface area contributed by atoms with E-state index in [0.29, 0.717) is 0 Å². The van der Waals surface area contributed by atoms with Crippen molar-refractivity contribution in [2.24, 2.45) is 0 Å². The summed E-state index contributed by atoms with van der Waals surface area (Å²) in [5.74, 6) is 0. The van der Waals surface area contributed by atoms with Crippen LogP contribution in [0.5, 0.6) is 0 Å². The molecule has 1 aromatic carbocycles. The zero-order valence-corrected chi connectivity index (χ0v) is 6.32. The fourth-order valence-electron chi connectivity index (χ4n) is 0.859. The van der Waals surface area contributed by atoms with Crippen LogP contribution in [0.25, 0.3) is 0 Å². The average Bonchev–Trinajstić information content (AvgIpc) is 2.05. The van der Waals surface area contributed by atoms with E-state index < -0.39 is 0 Å². The molecule has 0 bridgehead atoms. The number of nitrogens with zero attached hydrogens (tertiary/aromatic N) is 1. The molecular weight excluding hydrogens is 142 g/mol. The Hall–Kier alpha value is -1.06. The van der Waals surface area contributed by atoms with Crippen molar-refractivity contribution in [1.29, 1.82) is 0 Å². The van der Waals surface area contributed by atoms with Crippen LogP contribution in [0.2, 0.25) is 0 Å². The first kappa shape index (κ1) is 8.04. The SMILES string of the molecule is CCc1ccc(N([O-])O)cc1. The summed E-state index contributed by atoms with van der Waals surface area (Å²) in [6.07, 6.45) is 0.935. The second kappa shape index (κ2) is 3.37. The Morgan fingerprint density at radius 1 is 1.36 bits per heavy atom. The molecule has 1 aromatic rings. The molecule has 0 spiro atoms. The van der Waals surface area contributed by atoms with Gasteiger partial charge in [-0.3, -0.25) is 5.21 Å². The molecule has 0 heterocycles. The number of aryl methyl sites for hydroxylation is 1. The standard InChI is InChI=1S/C8H10NO2/c1-2-7-3-5-8(6-4-7)9(10)11/h3-6,10H,2H2,1H3/q-1. The summed E-state index contributed by atoms with van der Waals surface area (Å²) in [6.45, 7) is 2.03. The smallest absolute Gasteiger partial charge is 0.0508 e. The van der Waals surface area contributed by atoms with E-state index in [1.165, 1.54) is 0 Å². The first-order chi connectivity index (χ1) is 5.24. The van der Waals surface area contributed by atoms with E-state index in [-0.39, 0.29) is 10.9 Å². The fourth-order valence-corrected chi connectivity index (χ4v) is 0.859. The van der Waals surface area contributed by atoms with Crippen LogP contribution in [0.1, 0.15) is 12.5 Å². The zero-order valence-electron chi connectivity index (χ0n) is 6.32. The van der Waals surface area contributed by atoms with Gasteiger partial charge in [0.1, 0.15) is 0 Å². The minimum Gasteiger partial charge on any atom is -0.733 e. The lowest BCUT2D eigenvalue weighted by molar-refractivity contribution is 0.296. The number of rotatable bonds is 2. The summed E-state index contributed by atoms with van der Waals surface area (Å²) < 4.78 is 0. The van der Waals surface area contributed by atoms with E-state index >= 15 is 0 Å². The van der Waals surface area contributed by atoms with Crippen LogP contribution in [0.4, 0.5) is 5.69 Å². The Morgan fingerprint density at radius 3 is 2.27 bits per heavy atom. The van der Waals surface area contributed by atoms with Gasteiger partial charge in [-0.1, -0.05) is 19.1 Å². The molecule has 0 aliphatic rings. The average molecular weight is 152 g/mol. The molecule has 0 saturated carbocycles. The second-order valence-corrected chi connectivity index (χ2v) is 2.29. The van der Waals surface area contributed by atoms with Gasteiger partial charge in [0.2, 0.25) is 0 Å². The monoisotopic (exact) mass is 152 g/mol. The van der Waals surface area contributed by atoms with Crippen molar-refractivity contribution in [3.05, 3.63) is 35.0 Å². The Labute approximate surface area is 65.4 Å². The van der Waals surface area contributed by atoms with E-state index in [1.54, 1.807) is 12.1 Å². The van der Waals surface area contributed by atoms with Crippen LogP contribution in [0.15, 0.2) is 24.3 Å². The summed E-state index contributed by atoms with van der Waals surface area (Å²) >= 11 is 0. The third-order valence-electron chi connectivity index (χ3n) is 1.57. The molecule has 0 aromatic heterocycles. The van der Waals surface area contributed by atoms with Gasteiger partial charge in [0, 0.05) is 0 Å². The number of hydrogen-bond acceptors (Lipinski definition) is 3. The third kappa shape index (κ3) is 1.93. The lowest BCUT2D eigenvalue weighted by Gasteiger charge is -2.21. The topological polar surface area (TPSA) is 46.5 Å². The van der Waals surface area contributed by atoms with Crippen molar-refractivity contribution in [3.8, 4) is 0 Å². The quantitative estimate of drug-likeness (QED) is 0.659. The maximum absolute atomic E-state index is 10.3. The van der Waals surface area contributed by atoms with Gasteiger partial charge in [0.15, 0.2) is 0 Å². The van der Waals surface area contributed by atoms with Gasteiger partial charge in [-0.25, -0.2) is 0 Å². The van der Waals surface area contributed by atoms with Crippen LogP contribution >= 0.6 is 0 Å². The Morgan fingerprint density at radius 2 is 1.91 bits per heavy atom. The highest BCUT2D eigenvalue weighted by atomic mass is 16.8. The first-order valence-corrected chi connectivity index (χ1v) is 3.49. The second-order valence-electron chi connectivity index (χ2n) is 2.29. The molecule has 0 unspecified atom stereocenters. The number of anilines is 1. The van der Waals surface area contributed by atoms with E-state index in [2.05, 4.69) is 0 Å². The largest absolute Gasteiger partial charge is 0.733 e. The predicted octanol–water partition coefficient (Wildman–Crippen LogP) is 1.94. The molecule has 3 heteroatoms. The lowest BCUT2D eigenvalue weighted by atomic mass is 10.2. The van der Waals surface area contributed by atoms with E-state index in [9.17, 15) is 5.21 Å². The van der Waals surface area contributed by atoms with Crippen LogP contribution in [0.3, 0.4) is 0 Å². The Kier molecular flexibility index (Phi) is 2.46. The maximum atomic E-state index is 10.3. The molecule has 0 saturated heterocycles. The highest BCUT2D eigenvalue weighted by Gasteiger charge is 1.91. The summed E-state index contributed by atoms with van der Waals surface area (Å²) in [6, 6.07) is 6.81. The highest BCUT2D eigenvalue weighted by molar-refractivity contribution is 5.45. The molecule has 0 atom stereocenters. The maximum Gasteiger partial charge on any atom is 0.0508 e. The van der Waals surface area contributed by atoms with Crippen molar-refractivity contribution in [3.63, 3.8) is 0 Å². The van der Waals surface area contributed by atoms with Crippen molar-refractivity contribution < 1.29 is 5.21 Å².